The summed E-state index contributed by atoms with van der Waals surface area (Å²) in [4.78, 5) is 12.3. The maximum absolute atomic E-state index is 12.3. The molecule has 0 saturated heterocycles. The molecule has 0 atom stereocenters. The fourth-order valence-corrected chi connectivity index (χ4v) is 2.94. The standard InChI is InChI=1S/C23H21BrO3/c1-16(2)17-6-8-18(9-7-17)23(25)13-12-20-10-11-22(27-20)15-26-21-5-3-4-19(24)14-21/h3-14,16H,15H2,1-2H3/b13-12+. The molecule has 0 unspecified atom stereocenters. The van der Waals surface area contributed by atoms with Crippen molar-refractivity contribution >= 4 is 27.8 Å². The van der Waals surface area contributed by atoms with Gasteiger partial charge in [-0.2, -0.15) is 0 Å². The van der Waals surface area contributed by atoms with E-state index in [2.05, 4.69) is 29.8 Å². The number of benzene rings is 2. The van der Waals surface area contributed by atoms with Crippen molar-refractivity contribution in [2.24, 2.45) is 0 Å². The van der Waals surface area contributed by atoms with Crippen LogP contribution in [0.2, 0.25) is 0 Å². The van der Waals surface area contributed by atoms with E-state index < -0.39 is 0 Å². The van der Waals surface area contributed by atoms with Gasteiger partial charge in [0.2, 0.25) is 0 Å². The molecule has 0 fully saturated rings. The van der Waals surface area contributed by atoms with Crippen molar-refractivity contribution in [1.82, 2.24) is 0 Å². The highest BCUT2D eigenvalue weighted by Gasteiger charge is 2.05. The number of ether oxygens (including phenoxy) is 1. The molecule has 1 heterocycles. The average molecular weight is 425 g/mol. The number of halogens is 1. The van der Waals surface area contributed by atoms with E-state index in [0.29, 0.717) is 29.6 Å². The molecule has 3 rings (SSSR count). The molecule has 0 aliphatic carbocycles. The van der Waals surface area contributed by atoms with E-state index in [4.69, 9.17) is 9.15 Å². The first-order chi connectivity index (χ1) is 13.0. The Labute approximate surface area is 167 Å². The summed E-state index contributed by atoms with van der Waals surface area (Å²) in [6.45, 7) is 4.59. The van der Waals surface area contributed by atoms with Crippen LogP contribution in [0, 0.1) is 0 Å². The predicted octanol–water partition coefficient (Wildman–Crippen LogP) is 6.64. The molecule has 3 nitrogen and oxygen atoms in total. The number of carbonyl (C=O) groups is 1. The number of rotatable bonds is 7. The zero-order valence-corrected chi connectivity index (χ0v) is 16.9. The van der Waals surface area contributed by atoms with E-state index in [1.807, 2.05) is 60.7 Å². The average Bonchev–Trinajstić information content (AvgIpc) is 3.12. The van der Waals surface area contributed by atoms with Crippen LogP contribution < -0.4 is 4.74 Å². The number of ketones is 1. The third kappa shape index (κ3) is 5.44. The van der Waals surface area contributed by atoms with E-state index in [9.17, 15) is 4.79 Å². The lowest BCUT2D eigenvalue weighted by Crippen LogP contribution is -1.95. The number of hydrogen-bond donors (Lipinski definition) is 0. The minimum absolute atomic E-state index is 0.0476. The van der Waals surface area contributed by atoms with Crippen LogP contribution in [0.15, 0.2) is 75.6 Å². The minimum atomic E-state index is -0.0476. The van der Waals surface area contributed by atoms with Crippen LogP contribution in [-0.2, 0) is 6.61 Å². The second-order valence-corrected chi connectivity index (χ2v) is 7.44. The van der Waals surface area contributed by atoms with E-state index in [0.717, 1.165) is 10.2 Å². The van der Waals surface area contributed by atoms with Gasteiger partial charge in [0.25, 0.3) is 0 Å². The van der Waals surface area contributed by atoms with Gasteiger partial charge in [-0.1, -0.05) is 60.1 Å². The maximum atomic E-state index is 12.3. The smallest absolute Gasteiger partial charge is 0.185 e. The Kier molecular flexibility index (Phi) is 6.30. The van der Waals surface area contributed by atoms with Crippen LogP contribution in [0.1, 0.15) is 47.2 Å². The SMILES string of the molecule is CC(C)c1ccc(C(=O)/C=C/c2ccc(COc3cccc(Br)c3)o2)cc1. The zero-order valence-electron chi connectivity index (χ0n) is 15.3. The van der Waals surface area contributed by atoms with Gasteiger partial charge in [-0.15, -0.1) is 0 Å². The Morgan fingerprint density at radius 3 is 2.59 bits per heavy atom. The van der Waals surface area contributed by atoms with E-state index in [-0.39, 0.29) is 5.78 Å². The van der Waals surface area contributed by atoms with Crippen LogP contribution in [0.4, 0.5) is 0 Å². The summed E-state index contributed by atoms with van der Waals surface area (Å²) >= 11 is 3.41. The summed E-state index contributed by atoms with van der Waals surface area (Å²) in [7, 11) is 0. The molecule has 0 N–H and O–H groups in total. The largest absolute Gasteiger partial charge is 0.486 e. The molecule has 0 saturated carbocycles. The van der Waals surface area contributed by atoms with Gasteiger partial charge in [0.05, 0.1) is 0 Å². The van der Waals surface area contributed by atoms with Gasteiger partial charge in [-0.25, -0.2) is 0 Å². The predicted molar refractivity (Wildman–Crippen MR) is 111 cm³/mol. The van der Waals surface area contributed by atoms with Crippen molar-refractivity contribution in [3.8, 4) is 5.75 Å². The highest BCUT2D eigenvalue weighted by atomic mass is 79.9. The Morgan fingerprint density at radius 1 is 1.11 bits per heavy atom. The summed E-state index contributed by atoms with van der Waals surface area (Å²) in [6.07, 6.45) is 3.21. The third-order valence-electron chi connectivity index (χ3n) is 4.12. The number of hydrogen-bond acceptors (Lipinski definition) is 3. The Hall–Kier alpha value is -2.59. The molecule has 27 heavy (non-hydrogen) atoms. The molecule has 1 aromatic heterocycles. The van der Waals surface area contributed by atoms with E-state index in [1.54, 1.807) is 6.08 Å². The monoisotopic (exact) mass is 424 g/mol. The number of furan rings is 1. The Morgan fingerprint density at radius 2 is 1.89 bits per heavy atom. The lowest BCUT2D eigenvalue weighted by atomic mass is 10.0. The van der Waals surface area contributed by atoms with Gasteiger partial charge >= 0.3 is 0 Å². The van der Waals surface area contributed by atoms with E-state index >= 15 is 0 Å². The summed E-state index contributed by atoms with van der Waals surface area (Å²) in [5.74, 6) is 2.48. The van der Waals surface area contributed by atoms with Crippen LogP contribution in [0.5, 0.6) is 5.75 Å². The molecule has 0 radical (unpaired) electrons. The van der Waals surface area contributed by atoms with Gasteiger partial charge < -0.3 is 9.15 Å². The van der Waals surface area contributed by atoms with Gasteiger partial charge in [-0.05, 0) is 54.0 Å². The highest BCUT2D eigenvalue weighted by Crippen LogP contribution is 2.20. The molecule has 0 aliphatic heterocycles. The maximum Gasteiger partial charge on any atom is 0.185 e. The second-order valence-electron chi connectivity index (χ2n) is 6.52. The quantitative estimate of drug-likeness (QED) is 0.315. The molecule has 2 aromatic carbocycles. The van der Waals surface area contributed by atoms with Crippen molar-refractivity contribution < 1.29 is 13.9 Å². The van der Waals surface area contributed by atoms with Gasteiger partial charge in [0, 0.05) is 10.0 Å². The van der Waals surface area contributed by atoms with Crippen LogP contribution in [0.25, 0.3) is 6.08 Å². The lowest BCUT2D eigenvalue weighted by molar-refractivity contribution is 0.104. The van der Waals surface area contributed by atoms with Gasteiger partial charge in [0.1, 0.15) is 23.9 Å². The summed E-state index contributed by atoms with van der Waals surface area (Å²) in [6, 6.07) is 19.0. The summed E-state index contributed by atoms with van der Waals surface area (Å²) in [5.41, 5.74) is 1.89. The lowest BCUT2D eigenvalue weighted by Gasteiger charge is -2.05. The van der Waals surface area contributed by atoms with Crippen molar-refractivity contribution in [3.05, 3.63) is 93.9 Å². The number of carbonyl (C=O) groups excluding carboxylic acids is 1. The van der Waals surface area contributed by atoms with Gasteiger partial charge in [-0.3, -0.25) is 4.79 Å². The van der Waals surface area contributed by atoms with Crippen molar-refractivity contribution in [2.75, 3.05) is 0 Å². The first-order valence-electron chi connectivity index (χ1n) is 8.81. The van der Waals surface area contributed by atoms with Gasteiger partial charge in [0.15, 0.2) is 5.78 Å². The van der Waals surface area contributed by atoms with Crippen LogP contribution in [-0.4, -0.2) is 5.78 Å². The van der Waals surface area contributed by atoms with Crippen LogP contribution >= 0.6 is 15.9 Å². The Bertz CT molecular complexity index is 936. The minimum Gasteiger partial charge on any atom is -0.486 e. The molecule has 0 amide bonds. The first kappa shape index (κ1) is 19.2. The first-order valence-corrected chi connectivity index (χ1v) is 9.60. The number of allylic oxidation sites excluding steroid dienone is 1. The fourth-order valence-electron chi connectivity index (χ4n) is 2.56. The molecule has 0 aliphatic rings. The molecular weight excluding hydrogens is 404 g/mol. The van der Waals surface area contributed by atoms with Crippen molar-refractivity contribution in [2.45, 2.75) is 26.4 Å². The topological polar surface area (TPSA) is 39.4 Å². The molecule has 138 valence electrons. The molecule has 0 spiro atoms. The fraction of sp³-hybridized carbons (Fsp3) is 0.174. The third-order valence-corrected chi connectivity index (χ3v) is 4.61. The van der Waals surface area contributed by atoms with Crippen molar-refractivity contribution in [1.29, 1.82) is 0 Å². The molecule has 4 heteroatoms. The van der Waals surface area contributed by atoms with Crippen LogP contribution in [0.3, 0.4) is 0 Å². The normalized spacial score (nSPS) is 11.3. The van der Waals surface area contributed by atoms with E-state index in [1.165, 1.54) is 11.6 Å². The zero-order chi connectivity index (χ0) is 19.2. The molecular formula is C23H21BrO3. The van der Waals surface area contributed by atoms with Crippen molar-refractivity contribution in [3.63, 3.8) is 0 Å². The summed E-state index contributed by atoms with van der Waals surface area (Å²) in [5, 5.41) is 0. The molecule has 0 bridgehead atoms. The molecule has 3 aromatic rings. The second kappa shape index (κ2) is 8.87. The summed E-state index contributed by atoms with van der Waals surface area (Å²) < 4.78 is 12.4. The highest BCUT2D eigenvalue weighted by molar-refractivity contribution is 9.10. The Balaban J connectivity index is 1.58.